The van der Waals surface area contributed by atoms with Crippen LogP contribution in [0.3, 0.4) is 0 Å². The Bertz CT molecular complexity index is 1030. The molecule has 0 aromatic carbocycles. The molecule has 1 amide bonds. The lowest BCUT2D eigenvalue weighted by molar-refractivity contribution is -0.115. The fraction of sp³-hybridized carbons (Fsp3) is 0.412. The van der Waals surface area contributed by atoms with Crippen LogP contribution in [0, 0.1) is 20.8 Å². The monoisotopic (exact) mass is 392 g/mol. The molecular formula is C17H20N4O3S2. The van der Waals surface area contributed by atoms with Gasteiger partial charge in [0.1, 0.15) is 10.6 Å². The molecule has 0 fully saturated rings. The Morgan fingerprint density at radius 1 is 1.42 bits per heavy atom. The van der Waals surface area contributed by atoms with E-state index in [1.165, 1.54) is 23.1 Å². The second kappa shape index (κ2) is 7.24. The number of nitrogens with zero attached hydrogens (tertiary/aromatic N) is 3. The maximum atomic E-state index is 12.9. The third-order valence-electron chi connectivity index (χ3n) is 4.10. The highest BCUT2D eigenvalue weighted by molar-refractivity contribution is 8.00. The Labute approximate surface area is 158 Å². The summed E-state index contributed by atoms with van der Waals surface area (Å²) in [5.74, 6) is 0.774. The van der Waals surface area contributed by atoms with Crippen LogP contribution in [-0.2, 0) is 11.3 Å². The van der Waals surface area contributed by atoms with Crippen molar-refractivity contribution >= 4 is 45.0 Å². The lowest BCUT2D eigenvalue weighted by atomic mass is 10.2. The highest BCUT2D eigenvalue weighted by Gasteiger charge is 2.21. The van der Waals surface area contributed by atoms with E-state index >= 15 is 0 Å². The van der Waals surface area contributed by atoms with Gasteiger partial charge in [-0.3, -0.25) is 14.2 Å². The number of hydrogen-bond acceptors (Lipinski definition) is 7. The molecule has 0 bridgehead atoms. The lowest BCUT2D eigenvalue weighted by Gasteiger charge is -2.14. The predicted molar refractivity (Wildman–Crippen MR) is 104 cm³/mol. The molecule has 0 radical (unpaired) electrons. The first kappa shape index (κ1) is 18.7. The van der Waals surface area contributed by atoms with E-state index in [-0.39, 0.29) is 11.5 Å². The first-order valence-electron chi connectivity index (χ1n) is 8.23. The van der Waals surface area contributed by atoms with Crippen LogP contribution in [0.4, 0.5) is 5.82 Å². The number of fused-ring (bicyclic) bond motifs is 1. The second-order valence-corrected chi connectivity index (χ2v) is 8.49. The lowest BCUT2D eigenvalue weighted by Crippen LogP contribution is -2.26. The average Bonchev–Trinajstić information content (AvgIpc) is 3.11. The fourth-order valence-electron chi connectivity index (χ4n) is 2.54. The molecule has 1 N–H and O–H groups in total. The quantitative estimate of drug-likeness (QED) is 0.528. The number of nitrogens with one attached hydrogen (secondary N) is 1. The van der Waals surface area contributed by atoms with Crippen molar-refractivity contribution in [2.45, 2.75) is 51.6 Å². The van der Waals surface area contributed by atoms with Crippen molar-refractivity contribution in [3.63, 3.8) is 0 Å². The van der Waals surface area contributed by atoms with Gasteiger partial charge in [-0.25, -0.2) is 4.98 Å². The van der Waals surface area contributed by atoms with Crippen LogP contribution in [0.15, 0.2) is 20.5 Å². The molecule has 26 heavy (non-hydrogen) atoms. The van der Waals surface area contributed by atoms with Crippen molar-refractivity contribution in [1.82, 2.24) is 14.7 Å². The van der Waals surface area contributed by atoms with Gasteiger partial charge in [0.15, 0.2) is 11.0 Å². The minimum absolute atomic E-state index is 0.0541. The standard InChI is InChI=1S/C17H20N4O3S2/c1-6-21-16(23)13-9(3)10(4)25-15(13)19-17(21)26-11(5)14(22)18-12-7-8(2)24-20-12/h7,11H,6H2,1-5H3,(H,18,20,22)/t11-/m0/s1. The minimum Gasteiger partial charge on any atom is -0.360 e. The molecule has 0 unspecified atom stereocenters. The van der Waals surface area contributed by atoms with E-state index in [1.807, 2.05) is 20.8 Å². The van der Waals surface area contributed by atoms with Crippen molar-refractivity contribution in [3.05, 3.63) is 32.6 Å². The van der Waals surface area contributed by atoms with E-state index < -0.39 is 5.25 Å². The number of carbonyl (C=O) groups excluding carboxylic acids is 1. The predicted octanol–water partition coefficient (Wildman–Crippen LogP) is 3.51. The molecule has 3 aromatic heterocycles. The van der Waals surface area contributed by atoms with E-state index in [1.54, 1.807) is 24.5 Å². The van der Waals surface area contributed by atoms with E-state index in [9.17, 15) is 9.59 Å². The largest absolute Gasteiger partial charge is 0.360 e. The summed E-state index contributed by atoms with van der Waals surface area (Å²) < 4.78 is 6.57. The number of anilines is 1. The summed E-state index contributed by atoms with van der Waals surface area (Å²) in [5, 5.41) is 7.24. The van der Waals surface area contributed by atoms with Gasteiger partial charge < -0.3 is 9.84 Å². The van der Waals surface area contributed by atoms with Crippen LogP contribution in [0.2, 0.25) is 0 Å². The van der Waals surface area contributed by atoms with E-state index in [4.69, 9.17) is 4.52 Å². The van der Waals surface area contributed by atoms with Crippen LogP contribution in [0.1, 0.15) is 30.0 Å². The molecule has 9 heteroatoms. The molecule has 0 aliphatic rings. The number of amides is 1. The van der Waals surface area contributed by atoms with Crippen LogP contribution in [-0.4, -0.2) is 25.9 Å². The first-order valence-corrected chi connectivity index (χ1v) is 9.92. The van der Waals surface area contributed by atoms with Crippen LogP contribution in [0.5, 0.6) is 0 Å². The Morgan fingerprint density at radius 2 is 2.15 bits per heavy atom. The summed E-state index contributed by atoms with van der Waals surface area (Å²) in [7, 11) is 0. The van der Waals surface area contributed by atoms with Gasteiger partial charge in [-0.2, -0.15) is 0 Å². The van der Waals surface area contributed by atoms with Gasteiger partial charge in [0.2, 0.25) is 5.91 Å². The number of hydrogen-bond donors (Lipinski definition) is 1. The van der Waals surface area contributed by atoms with Gasteiger partial charge in [-0.1, -0.05) is 16.9 Å². The van der Waals surface area contributed by atoms with Crippen LogP contribution in [0.25, 0.3) is 10.2 Å². The third-order valence-corrected chi connectivity index (χ3v) is 6.29. The van der Waals surface area contributed by atoms with Gasteiger partial charge >= 0.3 is 0 Å². The molecule has 3 heterocycles. The Balaban J connectivity index is 1.90. The van der Waals surface area contributed by atoms with Gasteiger partial charge in [-0.05, 0) is 40.2 Å². The number of aryl methyl sites for hydroxylation is 3. The molecule has 1 atom stereocenters. The number of thiophene rings is 1. The summed E-state index contributed by atoms with van der Waals surface area (Å²) in [5.41, 5.74) is 0.926. The topological polar surface area (TPSA) is 90.0 Å². The molecule has 0 saturated heterocycles. The fourth-order valence-corrected chi connectivity index (χ4v) is 4.59. The van der Waals surface area contributed by atoms with Gasteiger partial charge in [0.05, 0.1) is 10.6 Å². The Morgan fingerprint density at radius 3 is 2.77 bits per heavy atom. The second-order valence-electron chi connectivity index (χ2n) is 5.98. The average molecular weight is 393 g/mol. The normalized spacial score (nSPS) is 12.5. The van der Waals surface area contributed by atoms with Crippen molar-refractivity contribution < 1.29 is 9.32 Å². The Hall–Kier alpha value is -2.13. The zero-order chi connectivity index (χ0) is 19.0. The highest BCUT2D eigenvalue weighted by Crippen LogP contribution is 2.29. The van der Waals surface area contributed by atoms with Crippen molar-refractivity contribution in [2.75, 3.05) is 5.32 Å². The molecular weight excluding hydrogens is 372 g/mol. The Kier molecular flexibility index (Phi) is 5.19. The molecule has 3 rings (SSSR count). The van der Waals surface area contributed by atoms with Crippen molar-refractivity contribution in [2.24, 2.45) is 0 Å². The van der Waals surface area contributed by atoms with Gasteiger partial charge in [0, 0.05) is 17.5 Å². The van der Waals surface area contributed by atoms with Crippen LogP contribution >= 0.6 is 23.1 Å². The summed E-state index contributed by atoms with van der Waals surface area (Å²) in [6, 6.07) is 1.65. The first-order chi connectivity index (χ1) is 12.3. The maximum Gasteiger partial charge on any atom is 0.263 e. The summed E-state index contributed by atoms with van der Waals surface area (Å²) in [6.45, 7) is 9.85. The van der Waals surface area contributed by atoms with Crippen molar-refractivity contribution in [3.8, 4) is 0 Å². The summed E-state index contributed by atoms with van der Waals surface area (Å²) in [6.07, 6.45) is 0. The number of thioether (sulfide) groups is 1. The summed E-state index contributed by atoms with van der Waals surface area (Å²) >= 11 is 2.77. The maximum absolute atomic E-state index is 12.9. The molecule has 0 spiro atoms. The minimum atomic E-state index is -0.448. The van der Waals surface area contributed by atoms with Gasteiger partial charge in [-0.15, -0.1) is 11.3 Å². The molecule has 138 valence electrons. The van der Waals surface area contributed by atoms with E-state index in [0.29, 0.717) is 28.7 Å². The SMILES string of the molecule is CCn1c(S[C@@H](C)C(=O)Nc2cc(C)on2)nc2sc(C)c(C)c2c1=O. The molecule has 0 aliphatic carbocycles. The number of carbonyl (C=O) groups is 1. The number of aromatic nitrogens is 3. The van der Waals surface area contributed by atoms with Gasteiger partial charge in [0.25, 0.3) is 5.56 Å². The smallest absolute Gasteiger partial charge is 0.263 e. The van der Waals surface area contributed by atoms with Crippen LogP contribution < -0.4 is 10.9 Å². The molecule has 0 saturated carbocycles. The third kappa shape index (κ3) is 3.41. The number of rotatable bonds is 5. The van der Waals surface area contributed by atoms with E-state index in [2.05, 4.69) is 15.5 Å². The zero-order valence-electron chi connectivity index (χ0n) is 15.2. The molecule has 0 aliphatic heterocycles. The zero-order valence-corrected chi connectivity index (χ0v) is 16.9. The van der Waals surface area contributed by atoms with E-state index in [0.717, 1.165) is 15.3 Å². The molecule has 3 aromatic rings. The molecule has 7 nitrogen and oxygen atoms in total. The summed E-state index contributed by atoms with van der Waals surface area (Å²) in [4.78, 5) is 31.7. The van der Waals surface area contributed by atoms with Crippen molar-refractivity contribution in [1.29, 1.82) is 0 Å². The highest BCUT2D eigenvalue weighted by atomic mass is 32.2.